The van der Waals surface area contributed by atoms with Crippen LogP contribution in [-0.2, 0) is 6.54 Å². The minimum Gasteiger partial charge on any atom is -0.497 e. The van der Waals surface area contributed by atoms with Crippen LogP contribution in [0.2, 0.25) is 0 Å². The number of nitrogens with zero attached hydrogens (tertiary/aromatic N) is 3. The van der Waals surface area contributed by atoms with Gasteiger partial charge in [-0.25, -0.2) is 4.98 Å². The van der Waals surface area contributed by atoms with Gasteiger partial charge in [-0.15, -0.1) is 0 Å². The summed E-state index contributed by atoms with van der Waals surface area (Å²) in [6.45, 7) is 2.92. The molecule has 32 heavy (non-hydrogen) atoms. The predicted molar refractivity (Wildman–Crippen MR) is 133 cm³/mol. The van der Waals surface area contributed by atoms with Crippen molar-refractivity contribution < 1.29 is 4.74 Å². The van der Waals surface area contributed by atoms with Crippen LogP contribution in [-0.4, -0.2) is 44.3 Å². The van der Waals surface area contributed by atoms with Gasteiger partial charge in [-0.1, -0.05) is 24.3 Å². The molecule has 4 rings (SSSR count). The van der Waals surface area contributed by atoms with E-state index >= 15 is 0 Å². The molecule has 0 bridgehead atoms. The highest BCUT2D eigenvalue weighted by Gasteiger charge is 2.21. The van der Waals surface area contributed by atoms with Crippen LogP contribution in [0.25, 0.3) is 10.9 Å². The van der Waals surface area contributed by atoms with Gasteiger partial charge in [-0.3, -0.25) is 0 Å². The highest BCUT2D eigenvalue weighted by molar-refractivity contribution is 5.90. The SMILES string of the molecule is COc1cccc(CNCC2CCC(CNc3nc(N(C)C)c4ccccc4n3)CC2)c1. The van der Waals surface area contributed by atoms with E-state index in [0.29, 0.717) is 5.92 Å². The quantitative estimate of drug-likeness (QED) is 0.509. The van der Waals surface area contributed by atoms with E-state index in [9.17, 15) is 0 Å². The van der Waals surface area contributed by atoms with Crippen molar-refractivity contribution in [2.75, 3.05) is 44.5 Å². The van der Waals surface area contributed by atoms with E-state index in [-0.39, 0.29) is 0 Å². The smallest absolute Gasteiger partial charge is 0.225 e. The Labute approximate surface area is 191 Å². The maximum Gasteiger partial charge on any atom is 0.225 e. The van der Waals surface area contributed by atoms with Crippen molar-refractivity contribution >= 4 is 22.7 Å². The lowest BCUT2D eigenvalue weighted by atomic mass is 9.82. The molecule has 1 saturated carbocycles. The lowest BCUT2D eigenvalue weighted by molar-refractivity contribution is 0.275. The number of hydrogen-bond acceptors (Lipinski definition) is 6. The molecule has 0 saturated heterocycles. The summed E-state index contributed by atoms with van der Waals surface area (Å²) < 4.78 is 5.31. The van der Waals surface area contributed by atoms with Gasteiger partial charge in [0.25, 0.3) is 0 Å². The second-order valence-electron chi connectivity index (χ2n) is 9.03. The number of ether oxygens (including phenoxy) is 1. The van der Waals surface area contributed by atoms with E-state index in [1.54, 1.807) is 7.11 Å². The lowest BCUT2D eigenvalue weighted by Crippen LogP contribution is -2.28. The zero-order chi connectivity index (χ0) is 22.3. The van der Waals surface area contributed by atoms with Crippen LogP contribution in [0.4, 0.5) is 11.8 Å². The topological polar surface area (TPSA) is 62.3 Å². The zero-order valence-electron chi connectivity index (χ0n) is 19.5. The Balaban J connectivity index is 1.23. The normalized spacial score (nSPS) is 18.5. The molecule has 2 N–H and O–H groups in total. The predicted octanol–water partition coefficient (Wildman–Crippen LogP) is 4.71. The Hall–Kier alpha value is -2.86. The number of methoxy groups -OCH3 is 1. The van der Waals surface area contributed by atoms with E-state index in [2.05, 4.69) is 45.9 Å². The first kappa shape index (κ1) is 22.3. The van der Waals surface area contributed by atoms with Gasteiger partial charge in [-0.2, -0.15) is 4.98 Å². The summed E-state index contributed by atoms with van der Waals surface area (Å²) in [5, 5.41) is 8.24. The lowest BCUT2D eigenvalue weighted by Gasteiger charge is -2.29. The third-order valence-corrected chi connectivity index (χ3v) is 6.42. The molecule has 170 valence electrons. The van der Waals surface area contributed by atoms with Crippen LogP contribution in [0, 0.1) is 11.8 Å². The highest BCUT2D eigenvalue weighted by atomic mass is 16.5. The van der Waals surface area contributed by atoms with Crippen LogP contribution in [0.15, 0.2) is 48.5 Å². The van der Waals surface area contributed by atoms with Gasteiger partial charge in [0.15, 0.2) is 0 Å². The average Bonchev–Trinajstić information content (AvgIpc) is 2.83. The summed E-state index contributed by atoms with van der Waals surface area (Å²) in [7, 11) is 5.78. The Morgan fingerprint density at radius 2 is 1.69 bits per heavy atom. The molecule has 0 radical (unpaired) electrons. The van der Waals surface area contributed by atoms with Gasteiger partial charge in [0.1, 0.15) is 11.6 Å². The maximum absolute atomic E-state index is 5.31. The van der Waals surface area contributed by atoms with E-state index in [0.717, 1.165) is 54.0 Å². The van der Waals surface area contributed by atoms with E-state index in [1.807, 2.05) is 32.3 Å². The Morgan fingerprint density at radius 1 is 0.938 bits per heavy atom. The number of benzene rings is 2. The molecule has 1 heterocycles. The van der Waals surface area contributed by atoms with Gasteiger partial charge >= 0.3 is 0 Å². The van der Waals surface area contributed by atoms with E-state index in [1.165, 1.54) is 31.2 Å². The molecule has 1 aromatic heterocycles. The van der Waals surface area contributed by atoms with Gasteiger partial charge < -0.3 is 20.3 Å². The molecule has 0 spiro atoms. The number of aromatic nitrogens is 2. The second kappa shape index (κ2) is 10.6. The second-order valence-corrected chi connectivity index (χ2v) is 9.03. The number of hydrogen-bond donors (Lipinski definition) is 2. The molecule has 0 unspecified atom stereocenters. The zero-order valence-corrected chi connectivity index (χ0v) is 19.5. The molecule has 1 fully saturated rings. The van der Waals surface area contributed by atoms with E-state index in [4.69, 9.17) is 14.7 Å². The van der Waals surface area contributed by atoms with Crippen LogP contribution >= 0.6 is 0 Å². The van der Waals surface area contributed by atoms with Crippen molar-refractivity contribution in [2.45, 2.75) is 32.2 Å². The third-order valence-electron chi connectivity index (χ3n) is 6.42. The number of anilines is 2. The van der Waals surface area contributed by atoms with Gasteiger partial charge in [-0.05, 0) is 73.9 Å². The third kappa shape index (κ3) is 5.68. The first-order chi connectivity index (χ1) is 15.6. The van der Waals surface area contributed by atoms with Crippen LogP contribution in [0.1, 0.15) is 31.2 Å². The summed E-state index contributed by atoms with van der Waals surface area (Å²) in [6.07, 6.45) is 5.07. The monoisotopic (exact) mass is 433 g/mol. The molecule has 1 aliphatic rings. The molecule has 6 heteroatoms. The molecule has 0 amide bonds. The Bertz CT molecular complexity index is 1010. The van der Waals surface area contributed by atoms with Crippen LogP contribution in [0.5, 0.6) is 5.75 Å². The summed E-state index contributed by atoms with van der Waals surface area (Å²) in [6, 6.07) is 16.5. The standard InChI is InChI=1S/C26H35N5O/c1-31(2)25-23-9-4-5-10-24(23)29-26(30-25)28-18-20-13-11-19(12-14-20)16-27-17-21-7-6-8-22(15-21)32-3/h4-10,15,19-20,27H,11-14,16-18H2,1-3H3,(H,28,29,30). The molecule has 2 aromatic carbocycles. The molecule has 1 aliphatic carbocycles. The minimum atomic E-state index is 0.683. The number of fused-ring (bicyclic) bond motifs is 1. The van der Waals surface area contributed by atoms with Crippen molar-refractivity contribution in [3.63, 3.8) is 0 Å². The largest absolute Gasteiger partial charge is 0.497 e. The number of nitrogens with one attached hydrogen (secondary N) is 2. The van der Waals surface area contributed by atoms with Crippen molar-refractivity contribution in [1.82, 2.24) is 15.3 Å². The van der Waals surface area contributed by atoms with Gasteiger partial charge in [0.05, 0.1) is 12.6 Å². The minimum absolute atomic E-state index is 0.683. The van der Waals surface area contributed by atoms with Crippen molar-refractivity contribution in [2.24, 2.45) is 11.8 Å². The average molecular weight is 434 g/mol. The molecular weight excluding hydrogens is 398 g/mol. The maximum atomic E-state index is 5.31. The Morgan fingerprint density at radius 3 is 2.44 bits per heavy atom. The fourth-order valence-electron chi connectivity index (χ4n) is 4.56. The molecule has 3 aromatic rings. The summed E-state index contributed by atoms with van der Waals surface area (Å²) in [5.74, 6) is 4.06. The van der Waals surface area contributed by atoms with Gasteiger partial charge in [0, 0.05) is 32.6 Å². The van der Waals surface area contributed by atoms with Crippen LogP contribution in [0.3, 0.4) is 0 Å². The van der Waals surface area contributed by atoms with Crippen molar-refractivity contribution in [3.05, 3.63) is 54.1 Å². The van der Waals surface area contributed by atoms with Crippen molar-refractivity contribution in [3.8, 4) is 5.75 Å². The molecule has 6 nitrogen and oxygen atoms in total. The highest BCUT2D eigenvalue weighted by Crippen LogP contribution is 2.29. The number of para-hydroxylation sites is 1. The summed E-state index contributed by atoms with van der Waals surface area (Å²) in [5.41, 5.74) is 2.26. The molecule has 0 aliphatic heterocycles. The Kier molecular flexibility index (Phi) is 7.43. The first-order valence-corrected chi connectivity index (χ1v) is 11.6. The fourth-order valence-corrected chi connectivity index (χ4v) is 4.56. The van der Waals surface area contributed by atoms with Gasteiger partial charge in [0.2, 0.25) is 5.95 Å². The summed E-state index contributed by atoms with van der Waals surface area (Å²) >= 11 is 0. The molecule has 0 atom stereocenters. The first-order valence-electron chi connectivity index (χ1n) is 11.6. The molecular formula is C26H35N5O. The number of rotatable bonds is 9. The fraction of sp³-hybridized carbons (Fsp3) is 0.462. The van der Waals surface area contributed by atoms with Crippen LogP contribution < -0.4 is 20.3 Å². The van der Waals surface area contributed by atoms with E-state index < -0.39 is 0 Å². The summed E-state index contributed by atoms with van der Waals surface area (Å²) in [4.78, 5) is 11.6. The van der Waals surface area contributed by atoms with Crippen molar-refractivity contribution in [1.29, 1.82) is 0 Å².